The number of H-pyrrole nitrogens is 1. The molecule has 142 valence electrons. The van der Waals surface area contributed by atoms with Crippen LogP contribution < -0.4 is 16.3 Å². The number of aromatic nitrogens is 1. The molecule has 0 aliphatic rings. The molecule has 1 aromatic heterocycles. The Kier molecular flexibility index (Phi) is 5.47. The maximum Gasteiger partial charge on any atom is 0.416 e. The van der Waals surface area contributed by atoms with Gasteiger partial charge in [0.1, 0.15) is 5.69 Å². The number of alkyl halides is 3. The Morgan fingerprint density at radius 1 is 1.26 bits per heavy atom. The van der Waals surface area contributed by atoms with E-state index in [1.54, 1.807) is 31.2 Å². The molecule has 0 aliphatic carbocycles. The number of rotatable bonds is 5. The predicted molar refractivity (Wildman–Crippen MR) is 101 cm³/mol. The van der Waals surface area contributed by atoms with Gasteiger partial charge in [-0.05, 0) is 37.3 Å². The van der Waals surface area contributed by atoms with Gasteiger partial charge in [-0.3, -0.25) is 4.79 Å². The summed E-state index contributed by atoms with van der Waals surface area (Å²) in [5, 5.41) is 1.77. The Labute approximate surface area is 159 Å². The van der Waals surface area contributed by atoms with Crippen LogP contribution in [0.2, 0.25) is 5.02 Å². The molecule has 0 saturated heterocycles. The molecular formula is C18H15ClF3N2O2P. The summed E-state index contributed by atoms with van der Waals surface area (Å²) in [5.74, 6) is -0.725. The second kappa shape index (κ2) is 7.50. The quantitative estimate of drug-likeness (QED) is 0.610. The number of halogens is 4. The van der Waals surface area contributed by atoms with Crippen LogP contribution in [0.15, 0.2) is 42.5 Å². The first kappa shape index (κ1) is 19.7. The molecule has 3 N–H and O–H groups in total. The molecule has 27 heavy (non-hydrogen) atoms. The van der Waals surface area contributed by atoms with Gasteiger partial charge in [-0.2, -0.15) is 13.2 Å². The molecule has 3 aromatic rings. The normalized spacial score (nSPS) is 13.1. The fourth-order valence-corrected chi connectivity index (χ4v) is 4.96. The number of nitrogens with one attached hydrogen (secondary N) is 1. The van der Waals surface area contributed by atoms with Crippen LogP contribution in [0.3, 0.4) is 0 Å². The van der Waals surface area contributed by atoms with Crippen LogP contribution in [0.4, 0.5) is 13.2 Å². The highest BCUT2D eigenvalue weighted by Gasteiger charge is 2.32. The smallest absolute Gasteiger partial charge is 0.364 e. The number of fused-ring (bicyclic) bond motifs is 1. The van der Waals surface area contributed by atoms with Crippen molar-refractivity contribution in [1.29, 1.82) is 0 Å². The Morgan fingerprint density at radius 2 is 2.00 bits per heavy atom. The van der Waals surface area contributed by atoms with E-state index in [4.69, 9.17) is 21.9 Å². The van der Waals surface area contributed by atoms with Gasteiger partial charge in [0, 0.05) is 33.1 Å². The zero-order valence-electron chi connectivity index (χ0n) is 14.1. The van der Waals surface area contributed by atoms with Gasteiger partial charge in [-0.25, -0.2) is 0 Å². The maximum atomic E-state index is 13.1. The SMILES string of the molecule is CCOP(c1cccc(C(F)(F)F)c1)c1c(C(N)=O)[nH]c2ccc(Cl)cc12. The van der Waals surface area contributed by atoms with Crippen molar-refractivity contribution < 1.29 is 22.5 Å². The molecule has 0 bridgehead atoms. The number of aromatic amines is 1. The average Bonchev–Trinajstić information content (AvgIpc) is 2.97. The van der Waals surface area contributed by atoms with Crippen molar-refractivity contribution in [3.8, 4) is 0 Å². The molecule has 1 amide bonds. The summed E-state index contributed by atoms with van der Waals surface area (Å²) in [6.45, 7) is 1.97. The molecule has 0 radical (unpaired) electrons. The van der Waals surface area contributed by atoms with Crippen LogP contribution in [0.1, 0.15) is 23.0 Å². The highest BCUT2D eigenvalue weighted by atomic mass is 35.5. The van der Waals surface area contributed by atoms with Crippen molar-refractivity contribution in [3.63, 3.8) is 0 Å². The van der Waals surface area contributed by atoms with E-state index in [1.165, 1.54) is 6.07 Å². The van der Waals surface area contributed by atoms with Crippen molar-refractivity contribution in [2.45, 2.75) is 13.1 Å². The van der Waals surface area contributed by atoms with E-state index in [-0.39, 0.29) is 12.3 Å². The van der Waals surface area contributed by atoms with Crippen LogP contribution >= 0.6 is 19.7 Å². The van der Waals surface area contributed by atoms with Crippen LogP contribution in [-0.4, -0.2) is 17.5 Å². The van der Waals surface area contributed by atoms with E-state index in [0.29, 0.717) is 26.5 Å². The van der Waals surface area contributed by atoms with Crippen LogP contribution in [0.25, 0.3) is 10.9 Å². The lowest BCUT2D eigenvalue weighted by molar-refractivity contribution is -0.137. The highest BCUT2D eigenvalue weighted by molar-refractivity contribution is 7.69. The number of primary amides is 1. The minimum absolute atomic E-state index is 0.101. The van der Waals surface area contributed by atoms with Crippen molar-refractivity contribution >= 4 is 47.2 Å². The van der Waals surface area contributed by atoms with Gasteiger partial charge in [0.15, 0.2) is 0 Å². The standard InChI is InChI=1S/C18H15ClF3N2O2P/c1-2-26-27(12-5-3-4-10(8-12)18(20,21)22)16-13-9-11(19)6-7-14(13)24-15(16)17(23)25/h3-9,24H,2H2,1H3,(H2,23,25). The van der Waals surface area contributed by atoms with Gasteiger partial charge in [-0.15, -0.1) is 0 Å². The fourth-order valence-electron chi connectivity index (χ4n) is 2.75. The zero-order valence-corrected chi connectivity index (χ0v) is 15.8. The average molecular weight is 415 g/mol. The van der Waals surface area contributed by atoms with Gasteiger partial charge >= 0.3 is 6.18 Å². The monoisotopic (exact) mass is 414 g/mol. The van der Waals surface area contributed by atoms with Crippen molar-refractivity contribution in [2.75, 3.05) is 6.61 Å². The fraction of sp³-hybridized carbons (Fsp3) is 0.167. The van der Waals surface area contributed by atoms with Crippen LogP contribution in [0, 0.1) is 0 Å². The second-order valence-corrected chi connectivity index (χ2v) is 7.91. The Hall–Kier alpha value is -2.08. The molecule has 0 aliphatic heterocycles. The predicted octanol–water partition coefficient (Wildman–Crippen LogP) is 4.32. The first-order valence-corrected chi connectivity index (χ1v) is 9.57. The number of benzene rings is 2. The molecule has 9 heteroatoms. The molecule has 0 fully saturated rings. The minimum atomic E-state index is -4.49. The second-order valence-electron chi connectivity index (χ2n) is 5.66. The number of carbonyl (C=O) groups excluding carboxylic acids is 1. The molecule has 1 unspecified atom stereocenters. The lowest BCUT2D eigenvalue weighted by Crippen LogP contribution is -2.24. The van der Waals surface area contributed by atoms with Gasteiger partial charge in [-0.1, -0.05) is 23.7 Å². The number of carbonyl (C=O) groups is 1. The Balaban J connectivity index is 2.26. The zero-order chi connectivity index (χ0) is 19.8. The van der Waals surface area contributed by atoms with E-state index in [9.17, 15) is 18.0 Å². The molecule has 0 saturated carbocycles. The number of hydrogen-bond donors (Lipinski definition) is 2. The molecular weight excluding hydrogens is 400 g/mol. The number of hydrogen-bond acceptors (Lipinski definition) is 2. The summed E-state index contributed by atoms with van der Waals surface area (Å²) < 4.78 is 45.2. The third-order valence-electron chi connectivity index (χ3n) is 3.85. The van der Waals surface area contributed by atoms with E-state index < -0.39 is 25.8 Å². The maximum absolute atomic E-state index is 13.1. The summed E-state index contributed by atoms with van der Waals surface area (Å²) in [7, 11) is -1.73. The van der Waals surface area contributed by atoms with E-state index >= 15 is 0 Å². The van der Waals surface area contributed by atoms with Crippen LogP contribution in [0.5, 0.6) is 0 Å². The Bertz CT molecular complexity index is 1000. The highest BCUT2D eigenvalue weighted by Crippen LogP contribution is 2.41. The third-order valence-corrected chi connectivity index (χ3v) is 6.22. The van der Waals surface area contributed by atoms with Crippen LogP contribution in [-0.2, 0) is 10.7 Å². The van der Waals surface area contributed by atoms with E-state index in [0.717, 1.165) is 12.1 Å². The van der Waals surface area contributed by atoms with Crippen molar-refractivity contribution in [2.24, 2.45) is 5.73 Å². The molecule has 1 atom stereocenters. The van der Waals surface area contributed by atoms with Gasteiger partial charge in [0.25, 0.3) is 5.91 Å². The lowest BCUT2D eigenvalue weighted by atomic mass is 10.2. The third kappa shape index (κ3) is 3.95. The number of nitrogens with two attached hydrogens (primary N) is 1. The molecule has 2 aromatic carbocycles. The summed E-state index contributed by atoms with van der Waals surface area (Å²) in [4.78, 5) is 14.9. The van der Waals surface area contributed by atoms with Crippen molar-refractivity contribution in [3.05, 3.63) is 58.7 Å². The largest absolute Gasteiger partial charge is 0.416 e. The molecule has 0 spiro atoms. The van der Waals surface area contributed by atoms with E-state index in [2.05, 4.69) is 4.98 Å². The van der Waals surface area contributed by atoms with Crippen molar-refractivity contribution in [1.82, 2.24) is 4.98 Å². The number of amides is 1. The molecule has 4 nitrogen and oxygen atoms in total. The summed E-state index contributed by atoms with van der Waals surface area (Å²) in [6.07, 6.45) is -4.49. The van der Waals surface area contributed by atoms with Gasteiger partial charge in [0.05, 0.1) is 13.7 Å². The summed E-state index contributed by atoms with van der Waals surface area (Å²) in [5.41, 5.74) is 5.41. The Morgan fingerprint density at radius 3 is 2.63 bits per heavy atom. The summed E-state index contributed by atoms with van der Waals surface area (Å²) in [6, 6.07) is 9.85. The molecule has 1 heterocycles. The first-order valence-electron chi connectivity index (χ1n) is 7.93. The van der Waals surface area contributed by atoms with Gasteiger partial charge in [0.2, 0.25) is 0 Å². The minimum Gasteiger partial charge on any atom is -0.364 e. The lowest BCUT2D eigenvalue weighted by Gasteiger charge is -2.19. The summed E-state index contributed by atoms with van der Waals surface area (Å²) >= 11 is 6.08. The van der Waals surface area contributed by atoms with E-state index in [1.807, 2.05) is 0 Å². The first-order chi connectivity index (χ1) is 12.7. The topological polar surface area (TPSA) is 68.1 Å². The molecule has 3 rings (SSSR count). The van der Waals surface area contributed by atoms with Gasteiger partial charge < -0.3 is 15.2 Å².